The molecule has 7 heteroatoms. The monoisotopic (exact) mass is 374 g/mol. The first-order valence-corrected chi connectivity index (χ1v) is 9.57. The van der Waals surface area contributed by atoms with Crippen molar-refractivity contribution in [3.63, 3.8) is 0 Å². The number of ether oxygens (including phenoxy) is 1. The summed E-state index contributed by atoms with van der Waals surface area (Å²) in [4.78, 5) is 27.8. The average molecular weight is 374 g/mol. The van der Waals surface area contributed by atoms with E-state index in [0.717, 1.165) is 10.7 Å². The van der Waals surface area contributed by atoms with Crippen molar-refractivity contribution in [2.24, 2.45) is 5.92 Å². The first-order valence-electron chi connectivity index (χ1n) is 8.69. The van der Waals surface area contributed by atoms with Crippen molar-refractivity contribution in [3.8, 4) is 5.75 Å². The number of benzene rings is 1. The average Bonchev–Trinajstić information content (AvgIpc) is 3.06. The molecule has 2 N–H and O–H groups in total. The van der Waals surface area contributed by atoms with E-state index in [1.165, 1.54) is 0 Å². The summed E-state index contributed by atoms with van der Waals surface area (Å²) >= 11 is 1.58. The predicted molar refractivity (Wildman–Crippen MR) is 98.5 cm³/mol. The Morgan fingerprint density at radius 3 is 2.73 bits per heavy atom. The minimum absolute atomic E-state index is 0.0284. The standard InChI is InChI=1S/C19H22N2O4S/c1-12-20-16(11-26-12)10-25-17-4-2-3-14(9-17)18(22)21-15-7-5-13(6-8-15)19(23)24/h2-4,9,11,13,15H,5-8,10H2,1H3,(H,21,22)(H,23,24). The number of carboxylic acid groups (broad SMARTS) is 1. The summed E-state index contributed by atoms with van der Waals surface area (Å²) in [5.74, 6) is -0.555. The van der Waals surface area contributed by atoms with Crippen LogP contribution >= 0.6 is 11.3 Å². The van der Waals surface area contributed by atoms with E-state index in [1.807, 2.05) is 18.4 Å². The van der Waals surface area contributed by atoms with Crippen molar-refractivity contribution in [1.29, 1.82) is 0 Å². The fraction of sp³-hybridized carbons (Fsp3) is 0.421. The molecule has 0 atom stereocenters. The van der Waals surface area contributed by atoms with Gasteiger partial charge in [-0.15, -0.1) is 11.3 Å². The molecular formula is C19H22N2O4S. The lowest BCUT2D eigenvalue weighted by molar-refractivity contribution is -0.142. The van der Waals surface area contributed by atoms with Crippen LogP contribution in [0.4, 0.5) is 0 Å². The molecule has 0 aliphatic heterocycles. The molecule has 0 radical (unpaired) electrons. The second-order valence-electron chi connectivity index (χ2n) is 6.53. The number of hydrogen-bond acceptors (Lipinski definition) is 5. The first-order chi connectivity index (χ1) is 12.5. The second-order valence-corrected chi connectivity index (χ2v) is 7.60. The number of aliphatic carboxylic acids is 1. The number of carboxylic acids is 1. The van der Waals surface area contributed by atoms with Crippen LogP contribution in [-0.2, 0) is 11.4 Å². The number of amides is 1. The van der Waals surface area contributed by atoms with Gasteiger partial charge in [-0.05, 0) is 50.8 Å². The van der Waals surface area contributed by atoms with Crippen molar-refractivity contribution in [2.45, 2.75) is 45.3 Å². The largest absolute Gasteiger partial charge is 0.487 e. The van der Waals surface area contributed by atoms with E-state index < -0.39 is 5.97 Å². The van der Waals surface area contributed by atoms with Gasteiger partial charge in [-0.2, -0.15) is 0 Å². The van der Waals surface area contributed by atoms with E-state index in [0.29, 0.717) is 43.6 Å². The van der Waals surface area contributed by atoms with Crippen LogP contribution in [0.1, 0.15) is 46.7 Å². The topological polar surface area (TPSA) is 88.5 Å². The van der Waals surface area contributed by atoms with Crippen molar-refractivity contribution >= 4 is 23.2 Å². The molecule has 0 unspecified atom stereocenters. The molecule has 2 aromatic rings. The molecule has 26 heavy (non-hydrogen) atoms. The van der Waals surface area contributed by atoms with Gasteiger partial charge in [-0.3, -0.25) is 9.59 Å². The molecule has 138 valence electrons. The minimum Gasteiger partial charge on any atom is -0.487 e. The number of aryl methyl sites for hydroxylation is 1. The Balaban J connectivity index is 1.54. The zero-order chi connectivity index (χ0) is 18.5. The molecule has 1 fully saturated rings. The van der Waals surface area contributed by atoms with Crippen LogP contribution in [0.2, 0.25) is 0 Å². The Bertz CT molecular complexity index is 781. The van der Waals surface area contributed by atoms with Crippen molar-refractivity contribution in [3.05, 3.63) is 45.9 Å². The van der Waals surface area contributed by atoms with Gasteiger partial charge in [0.15, 0.2) is 0 Å². The van der Waals surface area contributed by atoms with Crippen LogP contribution in [0.15, 0.2) is 29.6 Å². The zero-order valence-electron chi connectivity index (χ0n) is 14.6. The third-order valence-electron chi connectivity index (χ3n) is 4.56. The molecule has 1 saturated carbocycles. The smallest absolute Gasteiger partial charge is 0.306 e. The molecule has 1 aliphatic carbocycles. The van der Waals surface area contributed by atoms with Gasteiger partial charge in [-0.25, -0.2) is 4.98 Å². The Labute approximate surface area is 156 Å². The number of rotatable bonds is 6. The first kappa shape index (κ1) is 18.4. The summed E-state index contributed by atoms with van der Waals surface area (Å²) in [5.41, 5.74) is 1.41. The van der Waals surface area contributed by atoms with Crippen LogP contribution in [0, 0.1) is 12.8 Å². The quantitative estimate of drug-likeness (QED) is 0.809. The number of aromatic nitrogens is 1. The predicted octanol–water partition coefficient (Wildman–Crippen LogP) is 3.40. The minimum atomic E-state index is -0.741. The van der Waals surface area contributed by atoms with E-state index in [9.17, 15) is 9.59 Å². The molecule has 1 aromatic carbocycles. The third kappa shape index (κ3) is 4.82. The normalized spacial score (nSPS) is 19.7. The van der Waals surface area contributed by atoms with Crippen LogP contribution in [0.25, 0.3) is 0 Å². The summed E-state index contributed by atoms with van der Waals surface area (Å²) in [6, 6.07) is 7.10. The van der Waals surface area contributed by atoms with Crippen molar-refractivity contribution in [1.82, 2.24) is 10.3 Å². The maximum atomic E-state index is 12.5. The summed E-state index contributed by atoms with van der Waals surface area (Å²) in [5, 5.41) is 15.0. The number of thiazole rings is 1. The van der Waals surface area contributed by atoms with Crippen molar-refractivity contribution < 1.29 is 19.4 Å². The molecule has 0 spiro atoms. The van der Waals surface area contributed by atoms with Gasteiger partial charge in [-0.1, -0.05) is 6.07 Å². The molecule has 3 rings (SSSR count). The Morgan fingerprint density at radius 2 is 2.08 bits per heavy atom. The third-order valence-corrected chi connectivity index (χ3v) is 5.38. The highest BCUT2D eigenvalue weighted by Gasteiger charge is 2.26. The van der Waals surface area contributed by atoms with Crippen LogP contribution in [0.3, 0.4) is 0 Å². The van der Waals surface area contributed by atoms with Crippen LogP contribution < -0.4 is 10.1 Å². The van der Waals surface area contributed by atoms with Gasteiger partial charge in [0, 0.05) is 17.0 Å². The molecule has 6 nitrogen and oxygen atoms in total. The van der Waals surface area contributed by atoms with E-state index in [4.69, 9.17) is 9.84 Å². The molecular weight excluding hydrogens is 352 g/mol. The number of nitrogens with one attached hydrogen (secondary N) is 1. The molecule has 0 saturated heterocycles. The van der Waals surface area contributed by atoms with E-state index in [-0.39, 0.29) is 17.9 Å². The highest BCUT2D eigenvalue weighted by Crippen LogP contribution is 2.25. The zero-order valence-corrected chi connectivity index (χ0v) is 15.4. The summed E-state index contributed by atoms with van der Waals surface area (Å²) in [7, 11) is 0. The number of nitrogens with zero attached hydrogens (tertiary/aromatic N) is 1. The van der Waals surface area contributed by atoms with E-state index >= 15 is 0 Å². The maximum Gasteiger partial charge on any atom is 0.306 e. The molecule has 1 aliphatic rings. The number of carbonyl (C=O) groups is 2. The number of carbonyl (C=O) groups excluding carboxylic acids is 1. The van der Waals surface area contributed by atoms with E-state index in [2.05, 4.69) is 10.3 Å². The maximum absolute atomic E-state index is 12.5. The highest BCUT2D eigenvalue weighted by molar-refractivity contribution is 7.09. The lowest BCUT2D eigenvalue weighted by atomic mass is 9.86. The van der Waals surface area contributed by atoms with Crippen molar-refractivity contribution in [2.75, 3.05) is 0 Å². The van der Waals surface area contributed by atoms with Gasteiger partial charge in [0.1, 0.15) is 12.4 Å². The molecule has 0 bridgehead atoms. The SMILES string of the molecule is Cc1nc(COc2cccc(C(=O)NC3CCC(C(=O)O)CC3)c2)cs1. The summed E-state index contributed by atoms with van der Waals surface area (Å²) in [6.07, 6.45) is 2.61. The molecule has 1 aromatic heterocycles. The van der Waals surface area contributed by atoms with E-state index in [1.54, 1.807) is 29.5 Å². The molecule has 1 heterocycles. The van der Waals surface area contributed by atoms with Gasteiger partial charge in [0.2, 0.25) is 0 Å². The fourth-order valence-corrected chi connectivity index (χ4v) is 3.71. The summed E-state index contributed by atoms with van der Waals surface area (Å²) in [6.45, 7) is 2.32. The lowest BCUT2D eigenvalue weighted by Crippen LogP contribution is -2.38. The highest BCUT2D eigenvalue weighted by atomic mass is 32.1. The second kappa shape index (κ2) is 8.31. The van der Waals surface area contributed by atoms with Gasteiger partial charge < -0.3 is 15.2 Å². The fourth-order valence-electron chi connectivity index (χ4n) is 3.11. The van der Waals surface area contributed by atoms with Crippen LogP contribution in [-0.4, -0.2) is 28.0 Å². The lowest BCUT2D eigenvalue weighted by Gasteiger charge is -2.26. The van der Waals surface area contributed by atoms with Gasteiger partial charge in [0.25, 0.3) is 5.91 Å². The van der Waals surface area contributed by atoms with Crippen LogP contribution in [0.5, 0.6) is 5.75 Å². The number of hydrogen-bond donors (Lipinski definition) is 2. The Morgan fingerprint density at radius 1 is 1.31 bits per heavy atom. The Hall–Kier alpha value is -2.41. The van der Waals surface area contributed by atoms with Gasteiger partial charge >= 0.3 is 5.97 Å². The molecule has 1 amide bonds. The Kier molecular flexibility index (Phi) is 5.88. The van der Waals surface area contributed by atoms with Gasteiger partial charge in [0.05, 0.1) is 16.6 Å². The summed E-state index contributed by atoms with van der Waals surface area (Å²) < 4.78 is 5.73.